The van der Waals surface area contributed by atoms with Gasteiger partial charge >= 0.3 is 0 Å². The van der Waals surface area contributed by atoms with Crippen LogP contribution in [0.3, 0.4) is 0 Å². The summed E-state index contributed by atoms with van der Waals surface area (Å²) >= 11 is 0. The first-order valence-corrected chi connectivity index (χ1v) is 14.4. The van der Waals surface area contributed by atoms with Crippen molar-refractivity contribution in [3.63, 3.8) is 0 Å². The van der Waals surface area contributed by atoms with Gasteiger partial charge in [0.2, 0.25) is 0 Å². The second-order valence-electron chi connectivity index (χ2n) is 10.8. The molecule has 0 bridgehead atoms. The van der Waals surface area contributed by atoms with E-state index in [1.165, 1.54) is 0 Å². The molecule has 0 unspecified atom stereocenters. The molecule has 0 fully saturated rings. The number of benzene rings is 4. The van der Waals surface area contributed by atoms with Crippen LogP contribution >= 0.6 is 0 Å². The molecule has 214 valence electrons. The van der Waals surface area contributed by atoms with Crippen molar-refractivity contribution < 1.29 is 9.84 Å². The maximum Gasteiger partial charge on any atom is 0.179 e. The number of amidine groups is 2. The summed E-state index contributed by atoms with van der Waals surface area (Å²) in [6.45, 7) is 8.53. The van der Waals surface area contributed by atoms with E-state index in [4.69, 9.17) is 19.8 Å². The minimum atomic E-state index is -0.327. The van der Waals surface area contributed by atoms with Crippen molar-refractivity contribution in [2.24, 2.45) is 9.98 Å². The van der Waals surface area contributed by atoms with Crippen LogP contribution in [0.2, 0.25) is 0 Å². The molecule has 5 aromatic rings. The molecule has 2 aliphatic heterocycles. The zero-order valence-corrected chi connectivity index (χ0v) is 24.5. The first kappa shape index (κ1) is 26.5. The maximum absolute atomic E-state index is 10.6. The van der Waals surface area contributed by atoms with Gasteiger partial charge in [-0.05, 0) is 86.8 Å². The van der Waals surface area contributed by atoms with Crippen LogP contribution in [0.5, 0.6) is 11.5 Å². The van der Waals surface area contributed by atoms with Crippen LogP contribution in [0.1, 0.15) is 40.9 Å². The van der Waals surface area contributed by atoms with E-state index in [2.05, 4.69) is 48.3 Å². The molecule has 0 spiro atoms. The number of aliphatic imine (C=N–C) groups is 2. The molecule has 7 rings (SSSR count). The Bertz CT molecular complexity index is 1920. The lowest BCUT2D eigenvalue weighted by Gasteiger charge is -2.40. The molecule has 8 heteroatoms. The lowest BCUT2D eigenvalue weighted by molar-refractivity contribution is 0.317. The number of phenolic OH excluding ortho intramolecular Hbond substituents is 1. The Morgan fingerprint density at radius 1 is 0.884 bits per heavy atom. The van der Waals surface area contributed by atoms with E-state index < -0.39 is 0 Å². The van der Waals surface area contributed by atoms with Gasteiger partial charge in [-0.25, -0.2) is 14.7 Å². The number of nitrogens with zero attached hydrogens (tertiary/aromatic N) is 5. The van der Waals surface area contributed by atoms with E-state index >= 15 is 0 Å². The lowest BCUT2D eigenvalue weighted by Crippen LogP contribution is -2.46. The number of rotatable bonds is 5. The minimum Gasteiger partial charge on any atom is -0.504 e. The van der Waals surface area contributed by atoms with Crippen molar-refractivity contribution in [2.75, 3.05) is 16.8 Å². The maximum atomic E-state index is 10.6. The molecular weight excluding hydrogens is 536 g/mol. The van der Waals surface area contributed by atoms with Crippen LogP contribution in [0.25, 0.3) is 5.69 Å². The van der Waals surface area contributed by atoms with Gasteiger partial charge < -0.3 is 20.1 Å². The van der Waals surface area contributed by atoms with Gasteiger partial charge in [0.05, 0.1) is 35.4 Å². The van der Waals surface area contributed by atoms with E-state index in [0.29, 0.717) is 24.0 Å². The van der Waals surface area contributed by atoms with Gasteiger partial charge in [-0.2, -0.15) is 5.10 Å². The molecule has 0 aliphatic carbocycles. The number of phenols is 1. The Labute approximate surface area is 250 Å². The van der Waals surface area contributed by atoms with Gasteiger partial charge in [-0.1, -0.05) is 48.5 Å². The second-order valence-corrected chi connectivity index (χ2v) is 10.8. The van der Waals surface area contributed by atoms with Gasteiger partial charge in [0, 0.05) is 11.3 Å². The van der Waals surface area contributed by atoms with Crippen molar-refractivity contribution in [3.05, 3.63) is 119 Å². The highest BCUT2D eigenvalue weighted by Gasteiger charge is 2.41. The van der Waals surface area contributed by atoms with Crippen LogP contribution in [-0.2, 0) is 0 Å². The number of nitrogens with one attached hydrogen (secondary N) is 1. The molecule has 2 N–H and O–H groups in total. The molecule has 2 aliphatic rings. The number of fused-ring (bicyclic) bond motifs is 4. The Morgan fingerprint density at radius 3 is 2.49 bits per heavy atom. The number of hydrogen-bond acceptors (Lipinski definition) is 7. The van der Waals surface area contributed by atoms with Crippen LogP contribution in [0.15, 0.2) is 101 Å². The summed E-state index contributed by atoms with van der Waals surface area (Å²) < 4.78 is 7.74. The Kier molecular flexibility index (Phi) is 6.46. The molecule has 0 amide bonds. The average molecular weight is 569 g/mol. The summed E-state index contributed by atoms with van der Waals surface area (Å²) in [5.74, 6) is 2.60. The number of anilines is 2. The zero-order chi connectivity index (χ0) is 29.7. The standard InChI is InChI=1S/C35H32N6O2/c1-5-43-30-20-24(17-18-29(30)42)32-31-23(4)39-41(25-11-7-6-8-12-25)34(31)38-35-33(37-27-19-21(2)15-16-22(27)3)36-26-13-9-10-14-28(26)40(32)35/h6-20,32,42H,5H2,1-4H3,(H,36,37)/t32-/m1/s1. The Morgan fingerprint density at radius 2 is 1.67 bits per heavy atom. The number of aromatic hydroxyl groups is 1. The molecule has 0 saturated heterocycles. The van der Waals surface area contributed by atoms with Crippen molar-refractivity contribution in [3.8, 4) is 17.2 Å². The quantitative estimate of drug-likeness (QED) is 0.227. The molecule has 4 aromatic carbocycles. The summed E-state index contributed by atoms with van der Waals surface area (Å²) in [5.41, 5.74) is 8.69. The van der Waals surface area contributed by atoms with Gasteiger partial charge in [0.1, 0.15) is 0 Å². The summed E-state index contributed by atoms with van der Waals surface area (Å²) in [6.07, 6.45) is 0. The highest BCUT2D eigenvalue weighted by Crippen LogP contribution is 2.49. The number of para-hydroxylation sites is 3. The molecule has 3 heterocycles. The summed E-state index contributed by atoms with van der Waals surface area (Å²) in [6, 6.07) is 29.7. The first-order valence-electron chi connectivity index (χ1n) is 14.4. The third kappa shape index (κ3) is 4.52. The molecule has 0 saturated carbocycles. The third-order valence-corrected chi connectivity index (χ3v) is 7.88. The van der Waals surface area contributed by atoms with Crippen LogP contribution in [-0.4, -0.2) is 33.2 Å². The van der Waals surface area contributed by atoms with E-state index in [1.807, 2.05) is 79.2 Å². The number of ether oxygens (including phenoxy) is 1. The molecule has 8 nitrogen and oxygen atoms in total. The van der Waals surface area contributed by atoms with Crippen molar-refractivity contribution in [2.45, 2.75) is 33.7 Å². The minimum absolute atomic E-state index is 0.102. The van der Waals surface area contributed by atoms with Gasteiger partial charge in [-0.15, -0.1) is 0 Å². The van der Waals surface area contributed by atoms with E-state index in [1.54, 1.807) is 6.07 Å². The molecule has 1 atom stereocenters. The Balaban J connectivity index is 1.50. The van der Waals surface area contributed by atoms with Crippen molar-refractivity contribution in [1.82, 2.24) is 9.78 Å². The monoisotopic (exact) mass is 568 g/mol. The highest BCUT2D eigenvalue weighted by atomic mass is 16.5. The van der Waals surface area contributed by atoms with Crippen LogP contribution in [0.4, 0.5) is 22.9 Å². The smallest absolute Gasteiger partial charge is 0.179 e. The number of hydrogen-bond donors (Lipinski definition) is 2. The molecule has 43 heavy (non-hydrogen) atoms. The molecule has 1 aromatic heterocycles. The van der Waals surface area contributed by atoms with Crippen molar-refractivity contribution >= 4 is 34.6 Å². The average Bonchev–Trinajstić information content (AvgIpc) is 3.35. The normalized spacial score (nSPS) is 15.2. The third-order valence-electron chi connectivity index (χ3n) is 7.88. The van der Waals surface area contributed by atoms with Crippen LogP contribution < -0.4 is 15.0 Å². The molecular formula is C35H32N6O2. The number of aromatic nitrogens is 2. The number of aryl methyl sites for hydroxylation is 3. The predicted molar refractivity (Wildman–Crippen MR) is 172 cm³/mol. The first-order chi connectivity index (χ1) is 20.9. The fourth-order valence-corrected chi connectivity index (χ4v) is 5.83. The lowest BCUT2D eigenvalue weighted by atomic mass is 9.93. The summed E-state index contributed by atoms with van der Waals surface area (Å²) in [7, 11) is 0. The SMILES string of the molecule is CCOc1cc([C@@H]2c3c(C)nn(-c4ccccc4)c3N=C3C(Nc4cc(C)ccc4C)=Nc4ccccc4N32)ccc1O. The Hall–Kier alpha value is -5.37. The summed E-state index contributed by atoms with van der Waals surface area (Å²) in [4.78, 5) is 12.6. The fraction of sp³-hybridized carbons (Fsp3) is 0.171. The second kappa shape index (κ2) is 10.5. The van der Waals surface area contributed by atoms with E-state index in [-0.39, 0.29) is 11.8 Å². The highest BCUT2D eigenvalue weighted by molar-refractivity contribution is 6.51. The largest absolute Gasteiger partial charge is 0.504 e. The van der Waals surface area contributed by atoms with Crippen molar-refractivity contribution in [1.29, 1.82) is 0 Å². The van der Waals surface area contributed by atoms with Crippen LogP contribution in [0, 0.1) is 20.8 Å². The van der Waals surface area contributed by atoms with Gasteiger partial charge in [0.15, 0.2) is 29.0 Å². The van der Waals surface area contributed by atoms with E-state index in [0.717, 1.165) is 56.5 Å². The van der Waals surface area contributed by atoms with Gasteiger partial charge in [0.25, 0.3) is 0 Å². The zero-order valence-electron chi connectivity index (χ0n) is 24.5. The fourth-order valence-electron chi connectivity index (χ4n) is 5.83. The molecule has 0 radical (unpaired) electrons. The van der Waals surface area contributed by atoms with E-state index in [9.17, 15) is 5.11 Å². The summed E-state index contributed by atoms with van der Waals surface area (Å²) in [5, 5.41) is 19.2. The predicted octanol–water partition coefficient (Wildman–Crippen LogP) is 7.70. The topological polar surface area (TPSA) is 87.3 Å². The van der Waals surface area contributed by atoms with Gasteiger partial charge in [-0.3, -0.25) is 0 Å².